The molecule has 0 aliphatic rings. The van der Waals surface area contributed by atoms with Gasteiger partial charge in [-0.15, -0.1) is 0 Å². The summed E-state index contributed by atoms with van der Waals surface area (Å²) in [5.41, 5.74) is 6.94. The summed E-state index contributed by atoms with van der Waals surface area (Å²) in [4.78, 5) is 23.9. The number of hydrogen-bond acceptors (Lipinski definition) is 3. The Morgan fingerprint density at radius 1 is 0.870 bits per heavy atom. The van der Waals surface area contributed by atoms with Gasteiger partial charge in [0.15, 0.2) is 5.11 Å². The van der Waals surface area contributed by atoms with E-state index >= 15 is 0 Å². The fraction of sp³-hybridized carbons (Fsp3) is 0.0625. The molecule has 0 fully saturated rings. The lowest BCUT2D eigenvalue weighted by molar-refractivity contribution is 0.0934. The minimum Gasteiger partial charge on any atom is -0.298 e. The summed E-state index contributed by atoms with van der Waals surface area (Å²) in [6.07, 6.45) is 0. The molecule has 0 spiro atoms. The molecule has 0 heterocycles. The van der Waals surface area contributed by atoms with Gasteiger partial charge < -0.3 is 0 Å². The maximum atomic E-state index is 12.0. The summed E-state index contributed by atoms with van der Waals surface area (Å²) in [7, 11) is 0. The number of thiocarbonyl (C=S) groups is 1. The third kappa shape index (κ3) is 5.15. The number of halogens is 1. The average molecular weight is 392 g/mol. The van der Waals surface area contributed by atoms with E-state index in [4.69, 9.17) is 12.2 Å². The van der Waals surface area contributed by atoms with Crippen molar-refractivity contribution in [1.82, 2.24) is 16.2 Å². The van der Waals surface area contributed by atoms with Crippen molar-refractivity contribution in [3.8, 4) is 0 Å². The monoisotopic (exact) mass is 391 g/mol. The maximum Gasteiger partial charge on any atom is 0.269 e. The lowest BCUT2D eigenvalue weighted by Gasteiger charge is -2.11. The van der Waals surface area contributed by atoms with Gasteiger partial charge in [0.2, 0.25) is 0 Å². The number of rotatable bonds is 2. The molecule has 0 radical (unpaired) electrons. The van der Waals surface area contributed by atoms with Crippen LogP contribution in [0.4, 0.5) is 0 Å². The van der Waals surface area contributed by atoms with Gasteiger partial charge in [0.05, 0.1) is 0 Å². The van der Waals surface area contributed by atoms with Crippen LogP contribution in [0.5, 0.6) is 0 Å². The molecule has 5 nitrogen and oxygen atoms in total. The van der Waals surface area contributed by atoms with E-state index in [1.807, 2.05) is 19.1 Å². The van der Waals surface area contributed by atoms with Crippen LogP contribution in [0.25, 0.3) is 0 Å². The molecule has 2 aromatic carbocycles. The van der Waals surface area contributed by atoms with Crippen LogP contribution in [-0.4, -0.2) is 16.9 Å². The molecule has 0 saturated carbocycles. The van der Waals surface area contributed by atoms with Crippen molar-refractivity contribution in [3.63, 3.8) is 0 Å². The molecule has 0 unspecified atom stereocenters. The third-order valence-corrected chi connectivity index (χ3v) is 3.67. The van der Waals surface area contributed by atoms with Gasteiger partial charge in [0.25, 0.3) is 11.8 Å². The van der Waals surface area contributed by atoms with Crippen molar-refractivity contribution in [2.75, 3.05) is 0 Å². The molecule has 3 N–H and O–H groups in total. The Hall–Kier alpha value is -2.25. The summed E-state index contributed by atoms with van der Waals surface area (Å²) in [5.74, 6) is -0.704. The van der Waals surface area contributed by atoms with Crippen molar-refractivity contribution in [1.29, 1.82) is 0 Å². The van der Waals surface area contributed by atoms with E-state index in [1.54, 1.807) is 36.4 Å². The van der Waals surface area contributed by atoms with E-state index < -0.39 is 0 Å². The number of aryl methyl sites for hydroxylation is 1. The molecule has 0 atom stereocenters. The van der Waals surface area contributed by atoms with Crippen LogP contribution < -0.4 is 16.2 Å². The molecule has 7 heteroatoms. The van der Waals surface area contributed by atoms with Gasteiger partial charge >= 0.3 is 0 Å². The van der Waals surface area contributed by atoms with Gasteiger partial charge in [-0.2, -0.15) is 0 Å². The predicted octanol–water partition coefficient (Wildman–Crippen LogP) is 2.71. The zero-order valence-corrected chi connectivity index (χ0v) is 14.6. The topological polar surface area (TPSA) is 70.2 Å². The lowest BCUT2D eigenvalue weighted by atomic mass is 10.1. The van der Waals surface area contributed by atoms with Crippen LogP contribution in [0.3, 0.4) is 0 Å². The number of amides is 2. The van der Waals surface area contributed by atoms with Crippen molar-refractivity contribution in [2.24, 2.45) is 0 Å². The highest BCUT2D eigenvalue weighted by atomic mass is 79.9. The summed E-state index contributed by atoms with van der Waals surface area (Å²) < 4.78 is 0.875. The smallest absolute Gasteiger partial charge is 0.269 e. The molecule has 2 rings (SSSR count). The third-order valence-electron chi connectivity index (χ3n) is 2.94. The predicted molar refractivity (Wildman–Crippen MR) is 96.0 cm³/mol. The molecule has 0 aliphatic heterocycles. The lowest BCUT2D eigenvalue weighted by Crippen LogP contribution is -2.48. The highest BCUT2D eigenvalue weighted by molar-refractivity contribution is 9.10. The molecule has 23 heavy (non-hydrogen) atoms. The first-order valence-corrected chi connectivity index (χ1v) is 7.90. The van der Waals surface area contributed by atoms with Crippen LogP contribution in [0.2, 0.25) is 0 Å². The second kappa shape index (κ2) is 7.85. The molecule has 118 valence electrons. The van der Waals surface area contributed by atoms with E-state index in [0.29, 0.717) is 11.1 Å². The first kappa shape index (κ1) is 17.1. The van der Waals surface area contributed by atoms with Gasteiger partial charge in [-0.05, 0) is 55.5 Å². The highest BCUT2D eigenvalue weighted by Crippen LogP contribution is 2.10. The van der Waals surface area contributed by atoms with Crippen molar-refractivity contribution < 1.29 is 9.59 Å². The Bertz CT molecular complexity index is 730. The van der Waals surface area contributed by atoms with Crippen LogP contribution >= 0.6 is 28.1 Å². The van der Waals surface area contributed by atoms with Crippen LogP contribution in [0, 0.1) is 6.92 Å². The molecule has 0 saturated heterocycles. The van der Waals surface area contributed by atoms with Crippen molar-refractivity contribution in [2.45, 2.75) is 6.92 Å². The fourth-order valence-corrected chi connectivity index (χ4v) is 2.11. The zero-order valence-electron chi connectivity index (χ0n) is 12.2. The Morgan fingerprint density at radius 2 is 1.39 bits per heavy atom. The van der Waals surface area contributed by atoms with Crippen molar-refractivity contribution in [3.05, 3.63) is 69.7 Å². The van der Waals surface area contributed by atoms with Gasteiger partial charge in [0.1, 0.15) is 0 Å². The fourth-order valence-electron chi connectivity index (χ4n) is 1.70. The van der Waals surface area contributed by atoms with E-state index in [-0.39, 0.29) is 16.9 Å². The van der Waals surface area contributed by atoms with Gasteiger partial charge in [0, 0.05) is 15.6 Å². The molecule has 0 aromatic heterocycles. The van der Waals surface area contributed by atoms with E-state index in [2.05, 4.69) is 32.1 Å². The molecular weight excluding hydrogens is 378 g/mol. The minimum absolute atomic E-state index is 0.0124. The minimum atomic E-state index is -0.361. The molecule has 2 aromatic rings. The first-order chi connectivity index (χ1) is 11.0. The summed E-state index contributed by atoms with van der Waals surface area (Å²) >= 11 is 8.27. The van der Waals surface area contributed by atoms with E-state index in [9.17, 15) is 9.59 Å². The molecule has 2 amide bonds. The number of carbonyl (C=O) groups excluding carboxylic acids is 2. The van der Waals surface area contributed by atoms with Gasteiger partial charge in [-0.1, -0.05) is 33.6 Å². The van der Waals surface area contributed by atoms with Crippen LogP contribution in [-0.2, 0) is 0 Å². The summed E-state index contributed by atoms with van der Waals surface area (Å²) in [6.45, 7) is 1.94. The number of hydrazine groups is 1. The Balaban J connectivity index is 1.85. The van der Waals surface area contributed by atoms with Gasteiger partial charge in [-0.25, -0.2) is 0 Å². The normalized spacial score (nSPS) is 9.83. The van der Waals surface area contributed by atoms with E-state index in [0.717, 1.165) is 10.0 Å². The van der Waals surface area contributed by atoms with E-state index in [1.165, 1.54) is 0 Å². The van der Waals surface area contributed by atoms with Gasteiger partial charge in [-0.3, -0.25) is 25.8 Å². The average Bonchev–Trinajstić information content (AvgIpc) is 2.54. The Morgan fingerprint density at radius 3 is 2.00 bits per heavy atom. The standard InChI is InChI=1S/C16H14BrN3O2S/c1-10-2-4-12(5-3-10)15(22)19-20-16(23)18-14(21)11-6-8-13(17)9-7-11/h2-9H,1H3,(H,19,22)(H2,18,20,21,23). The zero-order chi connectivity index (χ0) is 16.8. The van der Waals surface area contributed by atoms with Crippen molar-refractivity contribution >= 4 is 45.1 Å². The molecular formula is C16H14BrN3O2S. The summed E-state index contributed by atoms with van der Waals surface area (Å²) in [5, 5.41) is 2.50. The maximum absolute atomic E-state index is 12.0. The van der Waals surface area contributed by atoms with Crippen LogP contribution in [0.1, 0.15) is 26.3 Å². The number of hydrogen-bond donors (Lipinski definition) is 3. The largest absolute Gasteiger partial charge is 0.298 e. The second-order valence-electron chi connectivity index (χ2n) is 4.74. The van der Waals surface area contributed by atoms with Crippen LogP contribution in [0.15, 0.2) is 53.0 Å². The highest BCUT2D eigenvalue weighted by Gasteiger charge is 2.09. The Labute approximate surface area is 147 Å². The summed E-state index contributed by atoms with van der Waals surface area (Å²) in [6, 6.07) is 13.9. The quantitative estimate of drug-likeness (QED) is 0.543. The Kier molecular flexibility index (Phi) is 5.84. The number of nitrogens with one attached hydrogen (secondary N) is 3. The number of carbonyl (C=O) groups is 2. The number of benzene rings is 2. The SMILES string of the molecule is Cc1ccc(C(=O)NNC(=S)NC(=O)c2ccc(Br)cc2)cc1. The molecule has 0 aliphatic carbocycles. The first-order valence-electron chi connectivity index (χ1n) is 6.69. The second-order valence-corrected chi connectivity index (χ2v) is 6.06. The molecule has 0 bridgehead atoms.